The average molecular weight is 273 g/mol. The van der Waals surface area contributed by atoms with Crippen molar-refractivity contribution in [3.63, 3.8) is 0 Å². The Balaban J connectivity index is 2.15. The van der Waals surface area contributed by atoms with E-state index in [-0.39, 0.29) is 5.91 Å². The molecule has 0 radical (unpaired) electrons. The van der Waals surface area contributed by atoms with E-state index in [4.69, 9.17) is 0 Å². The second-order valence-corrected chi connectivity index (χ2v) is 5.18. The van der Waals surface area contributed by atoms with Gasteiger partial charge in [-0.05, 0) is 31.7 Å². The molecule has 2 rings (SSSR count). The van der Waals surface area contributed by atoms with Crippen LogP contribution in [0, 0.1) is 0 Å². The van der Waals surface area contributed by atoms with Crippen molar-refractivity contribution >= 4 is 11.6 Å². The van der Waals surface area contributed by atoms with Gasteiger partial charge in [-0.3, -0.25) is 9.78 Å². The van der Waals surface area contributed by atoms with E-state index in [1.807, 2.05) is 12.3 Å². The van der Waals surface area contributed by atoms with Gasteiger partial charge in [-0.25, -0.2) is 0 Å². The molecule has 1 aromatic rings. The second kappa shape index (κ2) is 7.08. The summed E-state index contributed by atoms with van der Waals surface area (Å²) in [6.07, 6.45) is 10.0. The molecule has 108 valence electrons. The summed E-state index contributed by atoms with van der Waals surface area (Å²) < 4.78 is 0. The van der Waals surface area contributed by atoms with E-state index in [2.05, 4.69) is 28.7 Å². The first-order chi connectivity index (χ1) is 9.76. The standard InChI is InChI=1S/C16H23N3O/c1-3-8-18-16(20)13-10-15(12-17-11-13)19-9-6-5-7-14(19)4-2/h3,10-12,14H,1,4-9H2,2H3,(H,18,20). The number of carbonyl (C=O) groups excluding carboxylic acids is 1. The second-order valence-electron chi connectivity index (χ2n) is 5.18. The lowest BCUT2D eigenvalue weighted by Gasteiger charge is -2.37. The Morgan fingerprint density at radius 1 is 1.55 bits per heavy atom. The minimum atomic E-state index is -0.0932. The van der Waals surface area contributed by atoms with E-state index >= 15 is 0 Å². The fourth-order valence-electron chi connectivity index (χ4n) is 2.74. The molecule has 0 bridgehead atoms. The molecule has 1 unspecified atom stereocenters. The van der Waals surface area contributed by atoms with Crippen LogP contribution in [0.15, 0.2) is 31.1 Å². The molecule has 1 aromatic heterocycles. The van der Waals surface area contributed by atoms with Crippen LogP contribution in [0.25, 0.3) is 0 Å². The molecule has 1 aliphatic heterocycles. The quantitative estimate of drug-likeness (QED) is 0.839. The fourth-order valence-corrected chi connectivity index (χ4v) is 2.74. The predicted octanol–water partition coefficient (Wildman–Crippen LogP) is 2.77. The first-order valence-corrected chi connectivity index (χ1v) is 7.37. The molecule has 1 atom stereocenters. The van der Waals surface area contributed by atoms with Crippen molar-refractivity contribution in [1.29, 1.82) is 0 Å². The molecule has 0 aromatic carbocycles. The number of nitrogens with zero attached hydrogens (tertiary/aromatic N) is 2. The molecule has 0 saturated carbocycles. The highest BCUT2D eigenvalue weighted by Gasteiger charge is 2.21. The third kappa shape index (κ3) is 3.38. The normalized spacial score (nSPS) is 18.6. The Bertz CT molecular complexity index is 473. The molecule has 1 fully saturated rings. The summed E-state index contributed by atoms with van der Waals surface area (Å²) in [4.78, 5) is 18.6. The highest BCUT2D eigenvalue weighted by molar-refractivity contribution is 5.94. The number of anilines is 1. The number of pyridine rings is 1. The van der Waals surface area contributed by atoms with Crippen LogP contribution in [0.1, 0.15) is 43.0 Å². The average Bonchev–Trinajstić information content (AvgIpc) is 2.52. The molecular formula is C16H23N3O. The van der Waals surface area contributed by atoms with Gasteiger partial charge in [0.2, 0.25) is 0 Å². The van der Waals surface area contributed by atoms with Gasteiger partial charge < -0.3 is 10.2 Å². The number of carbonyl (C=O) groups is 1. The minimum absolute atomic E-state index is 0.0932. The van der Waals surface area contributed by atoms with Crippen molar-refractivity contribution in [2.24, 2.45) is 0 Å². The van der Waals surface area contributed by atoms with Crippen LogP contribution in [0.5, 0.6) is 0 Å². The van der Waals surface area contributed by atoms with Gasteiger partial charge in [-0.1, -0.05) is 13.0 Å². The van der Waals surface area contributed by atoms with Gasteiger partial charge in [0, 0.05) is 25.3 Å². The lowest BCUT2D eigenvalue weighted by molar-refractivity contribution is 0.0957. The zero-order valence-electron chi connectivity index (χ0n) is 12.1. The Kier molecular flexibility index (Phi) is 5.16. The smallest absolute Gasteiger partial charge is 0.253 e. The third-order valence-corrected chi connectivity index (χ3v) is 3.82. The summed E-state index contributed by atoms with van der Waals surface area (Å²) in [5.41, 5.74) is 1.67. The van der Waals surface area contributed by atoms with Crippen LogP contribution in [-0.2, 0) is 0 Å². The van der Waals surface area contributed by atoms with Crippen molar-refractivity contribution in [2.75, 3.05) is 18.0 Å². The zero-order valence-corrected chi connectivity index (χ0v) is 12.1. The lowest BCUT2D eigenvalue weighted by atomic mass is 9.99. The molecular weight excluding hydrogens is 250 g/mol. The Hall–Kier alpha value is -1.84. The summed E-state index contributed by atoms with van der Waals surface area (Å²) in [5, 5.41) is 2.79. The van der Waals surface area contributed by atoms with Crippen molar-refractivity contribution in [3.8, 4) is 0 Å². The zero-order chi connectivity index (χ0) is 14.4. The van der Waals surface area contributed by atoms with E-state index in [1.54, 1.807) is 12.3 Å². The van der Waals surface area contributed by atoms with Crippen LogP contribution >= 0.6 is 0 Å². The summed E-state index contributed by atoms with van der Waals surface area (Å²) in [6, 6.07) is 2.51. The number of rotatable bonds is 5. The molecule has 2 heterocycles. The number of aromatic nitrogens is 1. The molecule has 1 amide bonds. The largest absolute Gasteiger partial charge is 0.367 e. The maximum Gasteiger partial charge on any atom is 0.253 e. The van der Waals surface area contributed by atoms with Crippen molar-refractivity contribution in [1.82, 2.24) is 10.3 Å². The van der Waals surface area contributed by atoms with Gasteiger partial charge in [-0.15, -0.1) is 6.58 Å². The van der Waals surface area contributed by atoms with E-state index in [9.17, 15) is 4.79 Å². The van der Waals surface area contributed by atoms with Gasteiger partial charge in [-0.2, -0.15) is 0 Å². The van der Waals surface area contributed by atoms with Crippen molar-refractivity contribution in [2.45, 2.75) is 38.6 Å². The van der Waals surface area contributed by atoms with E-state index in [0.717, 1.165) is 18.7 Å². The Morgan fingerprint density at radius 2 is 2.40 bits per heavy atom. The van der Waals surface area contributed by atoms with E-state index < -0.39 is 0 Å². The lowest BCUT2D eigenvalue weighted by Crippen LogP contribution is -2.39. The highest BCUT2D eigenvalue weighted by atomic mass is 16.1. The number of piperidine rings is 1. The highest BCUT2D eigenvalue weighted by Crippen LogP contribution is 2.26. The van der Waals surface area contributed by atoms with Crippen LogP contribution in [0.2, 0.25) is 0 Å². The molecule has 20 heavy (non-hydrogen) atoms. The number of hydrogen-bond donors (Lipinski definition) is 1. The summed E-state index contributed by atoms with van der Waals surface area (Å²) in [5.74, 6) is -0.0932. The SMILES string of the molecule is C=CCNC(=O)c1cncc(N2CCCCC2CC)c1. The number of nitrogens with one attached hydrogen (secondary N) is 1. The maximum absolute atomic E-state index is 12.0. The summed E-state index contributed by atoms with van der Waals surface area (Å²) >= 11 is 0. The molecule has 0 spiro atoms. The minimum Gasteiger partial charge on any atom is -0.367 e. The first-order valence-electron chi connectivity index (χ1n) is 7.37. The monoisotopic (exact) mass is 273 g/mol. The number of amides is 1. The molecule has 4 nitrogen and oxygen atoms in total. The van der Waals surface area contributed by atoms with Gasteiger partial charge >= 0.3 is 0 Å². The first kappa shape index (κ1) is 14.6. The van der Waals surface area contributed by atoms with Gasteiger partial charge in [0.15, 0.2) is 0 Å². The van der Waals surface area contributed by atoms with Crippen LogP contribution in [-0.4, -0.2) is 30.0 Å². The topological polar surface area (TPSA) is 45.2 Å². The Morgan fingerprint density at radius 3 is 3.15 bits per heavy atom. The van der Waals surface area contributed by atoms with Gasteiger partial charge in [0.05, 0.1) is 17.4 Å². The van der Waals surface area contributed by atoms with E-state index in [1.165, 1.54) is 19.3 Å². The molecule has 4 heteroatoms. The molecule has 1 saturated heterocycles. The number of hydrogen-bond acceptors (Lipinski definition) is 3. The van der Waals surface area contributed by atoms with Crippen LogP contribution < -0.4 is 10.2 Å². The third-order valence-electron chi connectivity index (χ3n) is 3.82. The Labute approximate surface area is 120 Å². The predicted molar refractivity (Wildman–Crippen MR) is 82.0 cm³/mol. The van der Waals surface area contributed by atoms with Crippen molar-refractivity contribution < 1.29 is 4.79 Å². The summed E-state index contributed by atoms with van der Waals surface area (Å²) in [6.45, 7) is 7.35. The van der Waals surface area contributed by atoms with Crippen LogP contribution in [0.3, 0.4) is 0 Å². The van der Waals surface area contributed by atoms with Crippen LogP contribution in [0.4, 0.5) is 5.69 Å². The van der Waals surface area contributed by atoms with Gasteiger partial charge in [0.1, 0.15) is 0 Å². The molecule has 0 aliphatic carbocycles. The molecule has 1 aliphatic rings. The molecule has 1 N–H and O–H groups in total. The van der Waals surface area contributed by atoms with Gasteiger partial charge in [0.25, 0.3) is 5.91 Å². The van der Waals surface area contributed by atoms with Crippen molar-refractivity contribution in [3.05, 3.63) is 36.7 Å². The summed E-state index contributed by atoms with van der Waals surface area (Å²) in [7, 11) is 0. The fraction of sp³-hybridized carbons (Fsp3) is 0.500. The van der Waals surface area contributed by atoms with E-state index in [0.29, 0.717) is 18.2 Å². The maximum atomic E-state index is 12.0.